The fourth-order valence-electron chi connectivity index (χ4n) is 3.62. The average Bonchev–Trinajstić information content (AvgIpc) is 2.74. The molecule has 1 aromatic heterocycles. The number of benzene rings is 2. The number of H-pyrrole nitrogens is 1. The van der Waals surface area contributed by atoms with E-state index in [9.17, 15) is 4.79 Å². The molecular formula is C22H24N2O6. The maximum atomic E-state index is 12.9. The summed E-state index contributed by atoms with van der Waals surface area (Å²) >= 11 is 0. The van der Waals surface area contributed by atoms with Gasteiger partial charge in [-0.2, -0.15) is 0 Å². The molecule has 0 atom stereocenters. The van der Waals surface area contributed by atoms with Crippen molar-refractivity contribution >= 4 is 10.9 Å². The third kappa shape index (κ3) is 3.54. The third-order valence-electron chi connectivity index (χ3n) is 4.94. The van der Waals surface area contributed by atoms with Crippen LogP contribution in [0.4, 0.5) is 0 Å². The predicted octanol–water partition coefficient (Wildman–Crippen LogP) is 3.01. The molecular weight excluding hydrogens is 388 g/mol. The Bertz CT molecular complexity index is 1130. The van der Waals surface area contributed by atoms with Gasteiger partial charge in [0.05, 0.1) is 13.7 Å². The molecule has 0 unspecified atom stereocenters. The molecule has 0 amide bonds. The summed E-state index contributed by atoms with van der Waals surface area (Å²) in [4.78, 5) is 20.5. The lowest BCUT2D eigenvalue weighted by atomic mass is 10.0. The summed E-state index contributed by atoms with van der Waals surface area (Å²) in [6.07, 6.45) is 0. The highest BCUT2D eigenvalue weighted by molar-refractivity contribution is 5.93. The number of aromatic amines is 1. The van der Waals surface area contributed by atoms with Crippen molar-refractivity contribution in [1.29, 1.82) is 0 Å². The Balaban J connectivity index is 1.85. The van der Waals surface area contributed by atoms with Crippen molar-refractivity contribution < 1.29 is 23.7 Å². The molecule has 3 aromatic rings. The number of hydrogen-bond acceptors (Lipinski definition) is 7. The molecule has 8 nitrogen and oxygen atoms in total. The van der Waals surface area contributed by atoms with Gasteiger partial charge >= 0.3 is 0 Å². The number of aryl methyl sites for hydroxylation is 2. The molecule has 2 aromatic carbocycles. The standard InChI is InChI=1S/C22H24N2O6/c1-12-9-14(10-13(2)19(12)29-6-5-26-3)21-23-18-17(22(25)24-21)15(27-4)11-16-20(18)30-8-7-28-16/h9-11H,5-8H2,1-4H3,(H,23,24,25). The van der Waals surface area contributed by atoms with Gasteiger partial charge in [-0.1, -0.05) is 0 Å². The summed E-state index contributed by atoms with van der Waals surface area (Å²) in [7, 11) is 3.14. The van der Waals surface area contributed by atoms with E-state index in [4.69, 9.17) is 28.7 Å². The molecule has 0 bridgehead atoms. The molecule has 0 aliphatic carbocycles. The summed E-state index contributed by atoms with van der Waals surface area (Å²) in [6.45, 7) is 5.71. The molecule has 0 fully saturated rings. The van der Waals surface area contributed by atoms with Crippen LogP contribution in [0.5, 0.6) is 23.0 Å². The molecule has 1 aliphatic rings. The second-order valence-corrected chi connectivity index (χ2v) is 7.02. The Hall–Kier alpha value is -3.26. The van der Waals surface area contributed by atoms with Gasteiger partial charge in [0.1, 0.15) is 48.0 Å². The van der Waals surface area contributed by atoms with Crippen molar-refractivity contribution in [3.63, 3.8) is 0 Å². The van der Waals surface area contributed by atoms with E-state index in [0.29, 0.717) is 60.4 Å². The number of methoxy groups -OCH3 is 2. The molecule has 158 valence electrons. The van der Waals surface area contributed by atoms with Crippen LogP contribution in [0.25, 0.3) is 22.3 Å². The lowest BCUT2D eigenvalue weighted by molar-refractivity contribution is 0.145. The van der Waals surface area contributed by atoms with E-state index in [-0.39, 0.29) is 5.56 Å². The van der Waals surface area contributed by atoms with E-state index >= 15 is 0 Å². The van der Waals surface area contributed by atoms with Gasteiger partial charge in [-0.15, -0.1) is 0 Å². The first-order valence-electron chi connectivity index (χ1n) is 9.67. The number of nitrogens with zero attached hydrogens (tertiary/aromatic N) is 1. The number of rotatable bonds is 6. The van der Waals surface area contributed by atoms with Gasteiger partial charge in [0.15, 0.2) is 11.5 Å². The molecule has 0 spiro atoms. The fourth-order valence-corrected chi connectivity index (χ4v) is 3.62. The van der Waals surface area contributed by atoms with E-state index in [1.807, 2.05) is 26.0 Å². The first-order chi connectivity index (χ1) is 14.5. The quantitative estimate of drug-likeness (QED) is 0.622. The number of aromatic nitrogens is 2. The van der Waals surface area contributed by atoms with Gasteiger partial charge in [-0.25, -0.2) is 4.98 Å². The molecule has 0 saturated heterocycles. The number of nitrogens with one attached hydrogen (secondary N) is 1. The lowest BCUT2D eigenvalue weighted by Gasteiger charge is -2.21. The number of hydrogen-bond donors (Lipinski definition) is 1. The Morgan fingerprint density at radius 2 is 1.80 bits per heavy atom. The van der Waals surface area contributed by atoms with Crippen LogP contribution in [0, 0.1) is 13.8 Å². The summed E-state index contributed by atoms with van der Waals surface area (Å²) in [6, 6.07) is 5.53. The Morgan fingerprint density at radius 3 is 2.50 bits per heavy atom. The monoisotopic (exact) mass is 412 g/mol. The minimum atomic E-state index is -0.306. The van der Waals surface area contributed by atoms with Crippen LogP contribution in [0.3, 0.4) is 0 Å². The molecule has 1 aliphatic heterocycles. The topological polar surface area (TPSA) is 91.9 Å². The van der Waals surface area contributed by atoms with Gasteiger partial charge in [-0.3, -0.25) is 4.79 Å². The van der Waals surface area contributed by atoms with Crippen LogP contribution >= 0.6 is 0 Å². The van der Waals surface area contributed by atoms with Crippen LogP contribution in [0.15, 0.2) is 23.0 Å². The van der Waals surface area contributed by atoms with Gasteiger partial charge < -0.3 is 28.7 Å². The van der Waals surface area contributed by atoms with E-state index < -0.39 is 0 Å². The maximum absolute atomic E-state index is 12.9. The smallest absolute Gasteiger partial charge is 0.262 e. The fraction of sp³-hybridized carbons (Fsp3) is 0.364. The summed E-state index contributed by atoms with van der Waals surface area (Å²) in [5.74, 6) is 2.60. The van der Waals surface area contributed by atoms with Crippen molar-refractivity contribution in [2.75, 3.05) is 40.6 Å². The Morgan fingerprint density at radius 1 is 1.07 bits per heavy atom. The average molecular weight is 412 g/mol. The maximum Gasteiger partial charge on any atom is 0.262 e. The van der Waals surface area contributed by atoms with Crippen molar-refractivity contribution in [3.05, 3.63) is 39.7 Å². The van der Waals surface area contributed by atoms with Crippen molar-refractivity contribution in [2.24, 2.45) is 0 Å². The zero-order valence-corrected chi connectivity index (χ0v) is 17.5. The van der Waals surface area contributed by atoms with Crippen LogP contribution in [0.2, 0.25) is 0 Å². The zero-order chi connectivity index (χ0) is 21.3. The van der Waals surface area contributed by atoms with Crippen LogP contribution < -0.4 is 24.5 Å². The molecule has 0 radical (unpaired) electrons. The molecule has 30 heavy (non-hydrogen) atoms. The predicted molar refractivity (Wildman–Crippen MR) is 112 cm³/mol. The highest BCUT2D eigenvalue weighted by Gasteiger charge is 2.23. The molecule has 1 N–H and O–H groups in total. The largest absolute Gasteiger partial charge is 0.496 e. The van der Waals surface area contributed by atoms with Crippen LogP contribution in [-0.4, -0.2) is 50.6 Å². The molecule has 0 saturated carbocycles. The van der Waals surface area contributed by atoms with E-state index in [1.54, 1.807) is 13.2 Å². The normalized spacial score (nSPS) is 12.8. The zero-order valence-electron chi connectivity index (χ0n) is 17.5. The highest BCUT2D eigenvalue weighted by atomic mass is 16.6. The lowest BCUT2D eigenvalue weighted by Crippen LogP contribution is -2.18. The van der Waals surface area contributed by atoms with E-state index in [2.05, 4.69) is 4.98 Å². The van der Waals surface area contributed by atoms with Gasteiger partial charge in [0.2, 0.25) is 0 Å². The first kappa shape index (κ1) is 20.0. The highest BCUT2D eigenvalue weighted by Crippen LogP contribution is 2.41. The number of ether oxygens (including phenoxy) is 5. The number of fused-ring (bicyclic) bond motifs is 3. The first-order valence-corrected chi connectivity index (χ1v) is 9.67. The van der Waals surface area contributed by atoms with Gasteiger partial charge in [0, 0.05) is 18.7 Å². The Kier molecular flexibility index (Phi) is 5.50. The van der Waals surface area contributed by atoms with Crippen molar-refractivity contribution in [1.82, 2.24) is 9.97 Å². The Labute approximate surface area is 173 Å². The van der Waals surface area contributed by atoms with Gasteiger partial charge in [-0.05, 0) is 37.1 Å². The van der Waals surface area contributed by atoms with Crippen molar-refractivity contribution in [3.8, 4) is 34.4 Å². The molecule has 2 heterocycles. The minimum absolute atomic E-state index is 0.306. The van der Waals surface area contributed by atoms with Gasteiger partial charge in [0.25, 0.3) is 5.56 Å². The summed E-state index contributed by atoms with van der Waals surface area (Å²) in [5.41, 5.74) is 2.77. The third-order valence-corrected chi connectivity index (χ3v) is 4.94. The second kappa shape index (κ2) is 8.23. The van der Waals surface area contributed by atoms with Crippen LogP contribution in [-0.2, 0) is 4.74 Å². The van der Waals surface area contributed by atoms with Crippen molar-refractivity contribution in [2.45, 2.75) is 13.8 Å². The molecule has 8 heteroatoms. The van der Waals surface area contributed by atoms with E-state index in [1.165, 1.54) is 7.11 Å². The summed E-state index contributed by atoms with van der Waals surface area (Å²) < 4.78 is 27.7. The second-order valence-electron chi connectivity index (χ2n) is 7.02. The molecule has 4 rings (SSSR count). The van der Waals surface area contributed by atoms with Crippen LogP contribution in [0.1, 0.15) is 11.1 Å². The van der Waals surface area contributed by atoms with E-state index in [0.717, 1.165) is 22.4 Å². The SMILES string of the molecule is COCCOc1c(C)cc(-c2nc3c4c(cc(OC)c3c(=O)[nH]2)OCCO4)cc1C. The minimum Gasteiger partial charge on any atom is -0.496 e. The summed E-state index contributed by atoms with van der Waals surface area (Å²) in [5, 5.41) is 0.332.